The normalized spacial score (nSPS) is 29.6. The van der Waals surface area contributed by atoms with Crippen molar-refractivity contribution in [3.8, 4) is 5.75 Å². The SMILES string of the molecule is C[C@]12CC[C@@H]3c4ccc(O)cc4CC[C@H]3[C@@H]1CC[C@@H]2O.c1ccc2c(c1)ccc1ccccc12. The van der Waals surface area contributed by atoms with Gasteiger partial charge >= 0.3 is 0 Å². The Morgan fingerprint density at radius 1 is 0.765 bits per heavy atom. The first kappa shape index (κ1) is 21.7. The quantitative estimate of drug-likeness (QED) is 0.271. The smallest absolute Gasteiger partial charge is 0.115 e. The van der Waals surface area contributed by atoms with Crippen LogP contribution >= 0.6 is 0 Å². The highest BCUT2D eigenvalue weighted by Crippen LogP contribution is 2.60. The lowest BCUT2D eigenvalue weighted by Crippen LogP contribution is -2.43. The van der Waals surface area contributed by atoms with Crippen molar-refractivity contribution in [2.75, 3.05) is 0 Å². The lowest BCUT2D eigenvalue weighted by Gasteiger charge is -2.50. The van der Waals surface area contributed by atoms with Gasteiger partial charge in [0.2, 0.25) is 0 Å². The van der Waals surface area contributed by atoms with Crippen LogP contribution in [0.4, 0.5) is 0 Å². The van der Waals surface area contributed by atoms with Crippen molar-refractivity contribution in [1.29, 1.82) is 0 Å². The molecule has 3 aliphatic carbocycles. The number of phenols is 1. The van der Waals surface area contributed by atoms with Gasteiger partial charge in [-0.25, -0.2) is 0 Å². The van der Waals surface area contributed by atoms with Crippen molar-refractivity contribution >= 4 is 21.5 Å². The topological polar surface area (TPSA) is 40.5 Å². The molecule has 2 heteroatoms. The molecular weight excluding hydrogens is 416 g/mol. The van der Waals surface area contributed by atoms with Crippen molar-refractivity contribution in [2.45, 2.75) is 57.5 Å². The Balaban J connectivity index is 0.000000136. The number of fused-ring (bicyclic) bond motifs is 8. The van der Waals surface area contributed by atoms with Gasteiger partial charge in [0.05, 0.1) is 6.10 Å². The summed E-state index contributed by atoms with van der Waals surface area (Å²) in [6.07, 6.45) is 6.78. The summed E-state index contributed by atoms with van der Waals surface area (Å²) in [6, 6.07) is 27.3. The Kier molecular flexibility index (Phi) is 5.37. The van der Waals surface area contributed by atoms with Crippen LogP contribution in [0.3, 0.4) is 0 Å². The van der Waals surface area contributed by atoms with Gasteiger partial charge in [-0.2, -0.15) is 0 Å². The molecule has 0 bridgehead atoms. The summed E-state index contributed by atoms with van der Waals surface area (Å²) in [6.45, 7) is 2.32. The average Bonchev–Trinajstić information content (AvgIpc) is 3.18. The molecule has 174 valence electrons. The zero-order chi connectivity index (χ0) is 23.3. The van der Waals surface area contributed by atoms with E-state index in [1.165, 1.54) is 51.9 Å². The fraction of sp³-hybridized carbons (Fsp3) is 0.375. The Hall–Kier alpha value is -2.84. The summed E-state index contributed by atoms with van der Waals surface area (Å²) in [5.74, 6) is 2.49. The highest BCUT2D eigenvalue weighted by atomic mass is 16.3. The first-order valence-corrected chi connectivity index (χ1v) is 12.9. The molecule has 4 aromatic carbocycles. The molecule has 0 heterocycles. The minimum Gasteiger partial charge on any atom is -0.508 e. The molecule has 2 N–H and O–H groups in total. The minimum absolute atomic E-state index is 0.0883. The van der Waals surface area contributed by atoms with Gasteiger partial charge in [-0.05, 0) is 106 Å². The number of aliphatic hydroxyl groups is 1. The third kappa shape index (κ3) is 3.51. The highest BCUT2D eigenvalue weighted by Gasteiger charge is 2.54. The van der Waals surface area contributed by atoms with Crippen LogP contribution in [0, 0.1) is 17.3 Å². The van der Waals surface area contributed by atoms with Crippen LogP contribution in [0.2, 0.25) is 0 Å². The third-order valence-corrected chi connectivity index (χ3v) is 9.31. The number of aryl methyl sites for hydroxylation is 1. The van der Waals surface area contributed by atoms with Gasteiger partial charge in [-0.15, -0.1) is 0 Å². The van der Waals surface area contributed by atoms with Crippen molar-refractivity contribution in [1.82, 2.24) is 0 Å². The van der Waals surface area contributed by atoms with E-state index in [0.29, 0.717) is 17.6 Å². The lowest BCUT2D eigenvalue weighted by atomic mass is 9.55. The molecular formula is C32H34O2. The lowest BCUT2D eigenvalue weighted by molar-refractivity contribution is -0.0226. The summed E-state index contributed by atoms with van der Waals surface area (Å²) in [7, 11) is 0. The summed E-state index contributed by atoms with van der Waals surface area (Å²) in [4.78, 5) is 0. The van der Waals surface area contributed by atoms with E-state index < -0.39 is 0 Å². The average molecular weight is 451 g/mol. The Labute approximate surface area is 202 Å². The van der Waals surface area contributed by atoms with Crippen LogP contribution in [0.5, 0.6) is 5.75 Å². The van der Waals surface area contributed by atoms with Gasteiger partial charge in [0.1, 0.15) is 5.75 Å². The molecule has 0 radical (unpaired) electrons. The summed E-state index contributed by atoms with van der Waals surface area (Å²) < 4.78 is 0. The standard InChI is InChI=1S/C18H24O2.C14H10/c1-18-9-8-14-13-5-3-12(19)10-11(13)2-4-15(14)16(18)6-7-17(18)20;1-3-7-13-11(5-1)9-10-12-6-2-4-8-14(12)13/h3,5,10,14-17,19-20H,2,4,6-9H2,1H3;1-10H/t14-,15-,16+,17+,18+;/m1./s1. The second-order valence-corrected chi connectivity index (χ2v) is 10.9. The minimum atomic E-state index is -0.0883. The Morgan fingerprint density at radius 2 is 1.44 bits per heavy atom. The molecule has 7 rings (SSSR count). The van der Waals surface area contributed by atoms with Crippen molar-refractivity contribution < 1.29 is 10.2 Å². The van der Waals surface area contributed by atoms with E-state index in [1.807, 2.05) is 12.1 Å². The van der Waals surface area contributed by atoms with Gasteiger partial charge < -0.3 is 10.2 Å². The number of hydrogen-bond donors (Lipinski definition) is 2. The van der Waals surface area contributed by atoms with Gasteiger partial charge in [0.15, 0.2) is 0 Å². The maximum atomic E-state index is 10.4. The van der Waals surface area contributed by atoms with Gasteiger partial charge in [0.25, 0.3) is 0 Å². The zero-order valence-electron chi connectivity index (χ0n) is 20.0. The molecule has 0 unspecified atom stereocenters. The van der Waals surface area contributed by atoms with E-state index >= 15 is 0 Å². The van der Waals surface area contributed by atoms with E-state index in [0.717, 1.165) is 25.2 Å². The third-order valence-electron chi connectivity index (χ3n) is 9.31. The fourth-order valence-electron chi connectivity index (χ4n) is 7.50. The van der Waals surface area contributed by atoms with Crippen molar-refractivity contribution in [3.63, 3.8) is 0 Å². The molecule has 2 nitrogen and oxygen atoms in total. The molecule has 3 aliphatic rings. The van der Waals surface area contributed by atoms with Crippen LogP contribution in [0.25, 0.3) is 21.5 Å². The molecule has 0 aromatic heterocycles. The van der Waals surface area contributed by atoms with Crippen LogP contribution in [0.1, 0.15) is 56.1 Å². The predicted molar refractivity (Wildman–Crippen MR) is 140 cm³/mol. The molecule has 5 atom stereocenters. The van der Waals surface area contributed by atoms with Crippen LogP contribution in [0.15, 0.2) is 78.9 Å². The Morgan fingerprint density at radius 3 is 2.15 bits per heavy atom. The van der Waals surface area contributed by atoms with E-state index in [4.69, 9.17) is 0 Å². The van der Waals surface area contributed by atoms with Gasteiger partial charge in [-0.1, -0.05) is 73.7 Å². The maximum absolute atomic E-state index is 10.4. The molecule has 2 saturated carbocycles. The largest absolute Gasteiger partial charge is 0.508 e. The number of hydrogen-bond acceptors (Lipinski definition) is 2. The van der Waals surface area contributed by atoms with Crippen molar-refractivity contribution in [2.24, 2.45) is 17.3 Å². The van der Waals surface area contributed by atoms with Crippen LogP contribution in [-0.2, 0) is 6.42 Å². The molecule has 0 saturated heterocycles. The van der Waals surface area contributed by atoms with Crippen LogP contribution in [-0.4, -0.2) is 16.3 Å². The molecule has 4 aromatic rings. The zero-order valence-corrected chi connectivity index (χ0v) is 20.0. The maximum Gasteiger partial charge on any atom is 0.115 e. The van der Waals surface area contributed by atoms with E-state index in [2.05, 4.69) is 73.7 Å². The number of phenolic OH excluding ortho intramolecular Hbond substituents is 1. The fourth-order valence-corrected chi connectivity index (χ4v) is 7.50. The highest BCUT2D eigenvalue weighted by molar-refractivity contribution is 6.07. The monoisotopic (exact) mass is 450 g/mol. The first-order chi connectivity index (χ1) is 16.5. The van der Waals surface area contributed by atoms with Crippen molar-refractivity contribution in [3.05, 3.63) is 90.0 Å². The first-order valence-electron chi connectivity index (χ1n) is 12.9. The summed E-state index contributed by atoms with van der Waals surface area (Å²) >= 11 is 0. The molecule has 0 amide bonds. The number of aliphatic hydroxyl groups excluding tert-OH is 1. The molecule has 0 aliphatic heterocycles. The number of benzene rings is 4. The summed E-state index contributed by atoms with van der Waals surface area (Å²) in [5.41, 5.74) is 2.99. The van der Waals surface area contributed by atoms with E-state index in [-0.39, 0.29) is 11.5 Å². The molecule has 34 heavy (non-hydrogen) atoms. The second kappa shape index (κ2) is 8.43. The van der Waals surface area contributed by atoms with E-state index in [1.54, 1.807) is 0 Å². The molecule has 0 spiro atoms. The Bertz CT molecular complexity index is 1290. The van der Waals surface area contributed by atoms with E-state index in [9.17, 15) is 10.2 Å². The van der Waals surface area contributed by atoms with Gasteiger partial charge in [-0.3, -0.25) is 0 Å². The number of aromatic hydroxyl groups is 1. The predicted octanol–water partition coefficient (Wildman–Crippen LogP) is 7.60. The number of rotatable bonds is 0. The van der Waals surface area contributed by atoms with Crippen LogP contribution < -0.4 is 0 Å². The van der Waals surface area contributed by atoms with Gasteiger partial charge in [0, 0.05) is 0 Å². The summed E-state index contributed by atoms with van der Waals surface area (Å²) in [5, 5.41) is 25.3. The molecule has 2 fully saturated rings. The second-order valence-electron chi connectivity index (χ2n) is 10.9.